The first kappa shape index (κ1) is 15.4. The Morgan fingerprint density at radius 2 is 2.27 bits per heavy atom. The van der Waals surface area contributed by atoms with Gasteiger partial charge < -0.3 is 11.1 Å². The molecular weight excluding hydrogens is 302 g/mol. The van der Waals surface area contributed by atoms with E-state index in [0.717, 1.165) is 10.3 Å². The fraction of sp³-hybridized carbons (Fsp3) is 0.154. The third-order valence-corrected chi connectivity index (χ3v) is 3.69. The molecule has 8 nitrogen and oxygen atoms in total. The average molecular weight is 315 g/mol. The van der Waals surface area contributed by atoms with Crippen LogP contribution in [0.5, 0.6) is 0 Å². The quantitative estimate of drug-likeness (QED) is 0.387. The number of carbonyl (C=O) groups excluding carboxylic acids is 1. The predicted octanol–water partition coefficient (Wildman–Crippen LogP) is 1.79. The van der Waals surface area contributed by atoms with Crippen LogP contribution in [0.3, 0.4) is 0 Å². The number of benzene rings is 1. The van der Waals surface area contributed by atoms with Crippen LogP contribution < -0.4 is 16.5 Å². The molecule has 9 heteroatoms. The van der Waals surface area contributed by atoms with Crippen molar-refractivity contribution in [3.8, 4) is 6.07 Å². The highest BCUT2D eigenvalue weighted by molar-refractivity contribution is 7.23. The first-order valence-corrected chi connectivity index (χ1v) is 7.00. The Labute approximate surface area is 130 Å². The zero-order chi connectivity index (χ0) is 16.3. The van der Waals surface area contributed by atoms with E-state index < -0.39 is 5.84 Å². The lowest BCUT2D eigenvalue weighted by Crippen LogP contribution is -2.21. The molecule has 1 aromatic carbocycles. The Morgan fingerprint density at radius 1 is 1.55 bits per heavy atom. The summed E-state index contributed by atoms with van der Waals surface area (Å²) in [5.41, 5.74) is 10.0. The van der Waals surface area contributed by atoms with E-state index in [9.17, 15) is 4.79 Å². The molecule has 0 saturated carbocycles. The number of aromatic nitrogens is 1. The van der Waals surface area contributed by atoms with Gasteiger partial charge in [-0.25, -0.2) is 4.98 Å². The van der Waals surface area contributed by atoms with Gasteiger partial charge in [0.05, 0.1) is 15.9 Å². The molecule has 0 spiro atoms. The van der Waals surface area contributed by atoms with Crippen molar-refractivity contribution in [2.45, 2.75) is 13.8 Å². The Balaban J connectivity index is 2.46. The van der Waals surface area contributed by atoms with Gasteiger partial charge in [0, 0.05) is 6.92 Å². The van der Waals surface area contributed by atoms with E-state index in [4.69, 9.17) is 16.4 Å². The van der Waals surface area contributed by atoms with Gasteiger partial charge in [-0.05, 0) is 18.6 Å². The molecule has 0 radical (unpaired) electrons. The van der Waals surface area contributed by atoms with Crippen LogP contribution in [0.25, 0.3) is 10.2 Å². The first-order chi connectivity index (χ1) is 10.4. The summed E-state index contributed by atoms with van der Waals surface area (Å²) >= 11 is 1.29. The number of hydrogen-bond acceptors (Lipinski definition) is 7. The van der Waals surface area contributed by atoms with Crippen LogP contribution in [0.2, 0.25) is 0 Å². The maximum Gasteiger partial charge on any atom is 0.223 e. The van der Waals surface area contributed by atoms with Crippen LogP contribution in [0.15, 0.2) is 17.2 Å². The second kappa shape index (κ2) is 6.19. The second-order valence-electron chi connectivity index (χ2n) is 4.40. The number of hydrogen-bond donors (Lipinski definition) is 4. The summed E-state index contributed by atoms with van der Waals surface area (Å²) in [5, 5.41) is 23.1. The monoisotopic (exact) mass is 315 g/mol. The predicted molar refractivity (Wildman–Crippen MR) is 87.2 cm³/mol. The minimum Gasteiger partial charge on any atom is -0.382 e. The number of nitrogens with zero attached hydrogens (tertiary/aromatic N) is 3. The lowest BCUT2D eigenvalue weighted by Gasteiger charge is -2.06. The number of thiazole rings is 1. The molecule has 1 amide bonds. The number of hydrazone groups is 1. The van der Waals surface area contributed by atoms with Crippen molar-refractivity contribution in [1.29, 1.82) is 10.7 Å². The van der Waals surface area contributed by atoms with Crippen molar-refractivity contribution in [1.82, 2.24) is 4.98 Å². The Hall–Kier alpha value is -2.99. The molecule has 0 atom stereocenters. The second-order valence-corrected chi connectivity index (χ2v) is 5.40. The van der Waals surface area contributed by atoms with Gasteiger partial charge in [0.25, 0.3) is 0 Å². The highest BCUT2D eigenvalue weighted by atomic mass is 32.1. The number of amides is 1. The number of carbonyl (C=O) groups is 1. The largest absolute Gasteiger partial charge is 0.382 e. The van der Waals surface area contributed by atoms with Gasteiger partial charge in [-0.1, -0.05) is 17.4 Å². The number of aryl methyl sites for hydroxylation is 1. The van der Waals surface area contributed by atoms with E-state index in [2.05, 4.69) is 20.8 Å². The van der Waals surface area contributed by atoms with Gasteiger partial charge >= 0.3 is 0 Å². The molecule has 2 rings (SSSR count). The molecule has 0 saturated heterocycles. The summed E-state index contributed by atoms with van der Waals surface area (Å²) in [6, 6.07) is 5.41. The zero-order valence-corrected chi connectivity index (χ0v) is 12.7. The van der Waals surface area contributed by atoms with Gasteiger partial charge in [0.2, 0.25) is 11.6 Å². The summed E-state index contributed by atoms with van der Waals surface area (Å²) in [7, 11) is 0. The van der Waals surface area contributed by atoms with Crippen molar-refractivity contribution >= 4 is 49.8 Å². The standard InChI is InChI=1S/C13H13N7OS/c1-6-3-4-8-11(22-13(18-8)17-7(2)21)10(6)20-19-9(5-14)12(15)16/h3-4,20H,1-2H3,(H3,15,16)(H,17,18,21)/b19-9+. The van der Waals surface area contributed by atoms with Crippen LogP contribution in [0.4, 0.5) is 10.8 Å². The van der Waals surface area contributed by atoms with Crippen molar-refractivity contribution in [3.05, 3.63) is 17.7 Å². The summed E-state index contributed by atoms with van der Waals surface area (Å²) in [6.45, 7) is 3.28. The topological polar surface area (TPSA) is 140 Å². The molecule has 5 N–H and O–H groups in total. The third-order valence-electron chi connectivity index (χ3n) is 2.69. The van der Waals surface area contributed by atoms with Gasteiger partial charge in [-0.3, -0.25) is 15.6 Å². The average Bonchev–Trinajstić information content (AvgIpc) is 2.82. The molecular formula is C13H13N7OS. The van der Waals surface area contributed by atoms with Crippen LogP contribution in [-0.4, -0.2) is 22.4 Å². The first-order valence-electron chi connectivity index (χ1n) is 6.18. The molecule has 1 heterocycles. The Kier molecular flexibility index (Phi) is 4.33. The number of amidine groups is 1. The van der Waals surface area contributed by atoms with Gasteiger partial charge in [-0.2, -0.15) is 10.4 Å². The van der Waals surface area contributed by atoms with Crippen LogP contribution in [0.1, 0.15) is 12.5 Å². The summed E-state index contributed by atoms with van der Waals surface area (Å²) in [4.78, 5) is 15.4. The molecule has 0 bridgehead atoms. The highest BCUT2D eigenvalue weighted by Crippen LogP contribution is 2.34. The van der Waals surface area contributed by atoms with Crippen molar-refractivity contribution < 1.29 is 4.79 Å². The van der Waals surface area contributed by atoms with Gasteiger partial charge in [0.1, 0.15) is 6.07 Å². The molecule has 112 valence electrons. The number of rotatable bonds is 4. The number of anilines is 2. The van der Waals surface area contributed by atoms with E-state index in [0.29, 0.717) is 16.3 Å². The van der Waals surface area contributed by atoms with Crippen molar-refractivity contribution in [3.63, 3.8) is 0 Å². The lowest BCUT2D eigenvalue weighted by molar-refractivity contribution is -0.114. The maximum absolute atomic E-state index is 11.1. The third kappa shape index (κ3) is 3.18. The molecule has 0 aliphatic rings. The zero-order valence-electron chi connectivity index (χ0n) is 11.9. The molecule has 22 heavy (non-hydrogen) atoms. The fourth-order valence-electron chi connectivity index (χ4n) is 1.69. The SMILES string of the molecule is CC(=O)Nc1nc2ccc(C)c(N/N=C(\C#N)C(=N)N)c2s1. The van der Waals surface area contributed by atoms with E-state index in [1.165, 1.54) is 18.3 Å². The normalized spacial score (nSPS) is 11.0. The smallest absolute Gasteiger partial charge is 0.223 e. The Morgan fingerprint density at radius 3 is 2.86 bits per heavy atom. The summed E-state index contributed by atoms with van der Waals surface area (Å²) in [6.07, 6.45) is 0. The van der Waals surface area contributed by atoms with E-state index in [1.807, 2.05) is 19.1 Å². The van der Waals surface area contributed by atoms with Crippen LogP contribution in [-0.2, 0) is 4.79 Å². The van der Waals surface area contributed by atoms with E-state index >= 15 is 0 Å². The molecule has 0 aliphatic heterocycles. The highest BCUT2D eigenvalue weighted by Gasteiger charge is 2.12. The number of nitrogens with two attached hydrogens (primary N) is 1. The number of fused-ring (bicyclic) bond motifs is 1. The minimum atomic E-state index is -0.414. The van der Waals surface area contributed by atoms with Gasteiger partial charge in [0.15, 0.2) is 11.0 Å². The molecule has 0 fully saturated rings. The van der Waals surface area contributed by atoms with Crippen LogP contribution in [0, 0.1) is 23.7 Å². The van der Waals surface area contributed by atoms with Crippen LogP contribution >= 0.6 is 11.3 Å². The number of nitriles is 1. The maximum atomic E-state index is 11.1. The Bertz CT molecular complexity index is 831. The number of nitrogens with one attached hydrogen (secondary N) is 3. The summed E-state index contributed by atoms with van der Waals surface area (Å²) < 4.78 is 0.786. The van der Waals surface area contributed by atoms with E-state index in [1.54, 1.807) is 6.07 Å². The minimum absolute atomic E-state index is 0.202. The summed E-state index contributed by atoms with van der Waals surface area (Å²) in [5.74, 6) is -0.616. The van der Waals surface area contributed by atoms with Gasteiger partial charge in [-0.15, -0.1) is 0 Å². The van der Waals surface area contributed by atoms with E-state index in [-0.39, 0.29) is 11.6 Å². The molecule has 0 aliphatic carbocycles. The molecule has 2 aromatic rings. The molecule has 0 unspecified atom stereocenters. The van der Waals surface area contributed by atoms with Crippen molar-refractivity contribution in [2.75, 3.05) is 10.7 Å². The fourth-order valence-corrected chi connectivity index (χ4v) is 2.75. The molecule has 1 aromatic heterocycles. The van der Waals surface area contributed by atoms with Crippen molar-refractivity contribution in [2.24, 2.45) is 10.8 Å². The lowest BCUT2D eigenvalue weighted by atomic mass is 10.2.